The Hall–Kier alpha value is -2.25. The van der Waals surface area contributed by atoms with E-state index in [0.717, 1.165) is 30.6 Å². The molecule has 1 aromatic rings. The molecule has 0 bridgehead atoms. The van der Waals surface area contributed by atoms with Crippen LogP contribution in [0.15, 0.2) is 18.2 Å². The molecule has 2 saturated heterocycles. The van der Waals surface area contributed by atoms with Crippen LogP contribution in [0.4, 0.5) is 0 Å². The number of carbonyl (C=O) groups is 3. The highest BCUT2D eigenvalue weighted by Gasteiger charge is 2.40. The molecule has 7 heteroatoms. The van der Waals surface area contributed by atoms with Crippen LogP contribution in [0.5, 0.6) is 0 Å². The summed E-state index contributed by atoms with van der Waals surface area (Å²) < 4.78 is 0. The predicted molar refractivity (Wildman–Crippen MR) is 113 cm³/mol. The number of likely N-dealkylation sites (tertiary alicyclic amines) is 1. The van der Waals surface area contributed by atoms with Crippen LogP contribution >= 0.6 is 0 Å². The van der Waals surface area contributed by atoms with Gasteiger partial charge in [-0.15, -0.1) is 0 Å². The van der Waals surface area contributed by atoms with Gasteiger partial charge in [0.1, 0.15) is 6.04 Å². The van der Waals surface area contributed by atoms with E-state index in [1.54, 1.807) is 4.90 Å². The Morgan fingerprint density at radius 3 is 2.70 bits per heavy atom. The maximum Gasteiger partial charge on any atom is 0.255 e. The van der Waals surface area contributed by atoms with E-state index < -0.39 is 6.04 Å². The third-order valence-corrected chi connectivity index (χ3v) is 7.09. The van der Waals surface area contributed by atoms with Gasteiger partial charge in [-0.25, -0.2) is 0 Å². The Morgan fingerprint density at radius 1 is 1.17 bits per heavy atom. The van der Waals surface area contributed by atoms with Crippen molar-refractivity contribution in [2.75, 3.05) is 13.1 Å². The Morgan fingerprint density at radius 2 is 1.97 bits per heavy atom. The van der Waals surface area contributed by atoms with E-state index in [4.69, 9.17) is 5.73 Å². The molecule has 7 nitrogen and oxygen atoms in total. The van der Waals surface area contributed by atoms with Crippen LogP contribution < -0.4 is 11.1 Å². The standard InChI is InChI=1S/C23H32N4O3/c1-23(2,14-24)19-8-3-4-11-26(19)12-15-6-5-7-16-17(15)13-27(22(16)30)18-9-10-20(28)25-21(18)29/h5-7,18-19H,3-4,8-14,24H2,1-2H3,(H,25,28,29). The Labute approximate surface area is 178 Å². The quantitative estimate of drug-likeness (QED) is 0.719. The molecule has 4 rings (SSSR count). The number of amides is 3. The summed E-state index contributed by atoms with van der Waals surface area (Å²) in [6, 6.07) is 5.73. The van der Waals surface area contributed by atoms with Crippen molar-refractivity contribution in [2.24, 2.45) is 11.1 Å². The number of nitrogens with zero attached hydrogens (tertiary/aromatic N) is 2. The highest BCUT2D eigenvalue weighted by molar-refractivity contribution is 6.05. The second-order valence-corrected chi connectivity index (χ2v) is 9.52. The molecular formula is C23H32N4O3. The molecule has 0 spiro atoms. The molecule has 1 aromatic carbocycles. The molecule has 3 aliphatic heterocycles. The molecule has 0 saturated carbocycles. The number of rotatable bonds is 5. The zero-order valence-electron chi connectivity index (χ0n) is 17.9. The molecule has 3 amide bonds. The predicted octanol–water partition coefficient (Wildman–Crippen LogP) is 1.79. The van der Waals surface area contributed by atoms with Crippen LogP contribution in [0.2, 0.25) is 0 Å². The maximum atomic E-state index is 13.1. The third kappa shape index (κ3) is 3.76. The maximum absolute atomic E-state index is 13.1. The van der Waals surface area contributed by atoms with Gasteiger partial charge in [-0.1, -0.05) is 32.4 Å². The summed E-state index contributed by atoms with van der Waals surface area (Å²) in [5.41, 5.74) is 8.97. The summed E-state index contributed by atoms with van der Waals surface area (Å²) in [5, 5.41) is 2.37. The van der Waals surface area contributed by atoms with E-state index in [1.807, 2.05) is 12.1 Å². The van der Waals surface area contributed by atoms with E-state index in [1.165, 1.54) is 12.8 Å². The van der Waals surface area contributed by atoms with Gasteiger partial charge in [0.2, 0.25) is 11.8 Å². The highest BCUT2D eigenvalue weighted by Crippen LogP contribution is 2.35. The van der Waals surface area contributed by atoms with Crippen molar-refractivity contribution >= 4 is 17.7 Å². The van der Waals surface area contributed by atoms with Gasteiger partial charge in [-0.2, -0.15) is 0 Å². The Kier molecular flexibility index (Phi) is 5.68. The minimum absolute atomic E-state index is 0.0347. The molecule has 0 radical (unpaired) electrons. The van der Waals surface area contributed by atoms with Gasteiger partial charge in [-0.05, 0) is 55.0 Å². The molecule has 0 aromatic heterocycles. The summed E-state index contributed by atoms with van der Waals surface area (Å²) in [7, 11) is 0. The van der Waals surface area contributed by atoms with Gasteiger partial charge in [0.05, 0.1) is 0 Å². The summed E-state index contributed by atoms with van der Waals surface area (Å²) >= 11 is 0. The van der Waals surface area contributed by atoms with Gasteiger partial charge in [0.15, 0.2) is 0 Å². The van der Waals surface area contributed by atoms with Crippen LogP contribution in [-0.2, 0) is 22.7 Å². The zero-order valence-corrected chi connectivity index (χ0v) is 17.9. The van der Waals surface area contributed by atoms with Crippen LogP contribution in [0.3, 0.4) is 0 Å². The van der Waals surface area contributed by atoms with Crippen LogP contribution in [-0.4, -0.2) is 52.7 Å². The van der Waals surface area contributed by atoms with E-state index >= 15 is 0 Å². The lowest BCUT2D eigenvalue weighted by Gasteiger charge is -2.45. The molecular weight excluding hydrogens is 380 g/mol. The largest absolute Gasteiger partial charge is 0.330 e. The van der Waals surface area contributed by atoms with E-state index in [9.17, 15) is 14.4 Å². The third-order valence-electron chi connectivity index (χ3n) is 7.09. The number of nitrogens with two attached hydrogens (primary N) is 1. The summed E-state index contributed by atoms with van der Waals surface area (Å²) in [6.45, 7) is 7.36. The molecule has 3 aliphatic rings. The molecule has 2 atom stereocenters. The number of imide groups is 1. The molecule has 3 heterocycles. The number of nitrogens with one attached hydrogen (secondary N) is 1. The number of fused-ring (bicyclic) bond motifs is 1. The van der Waals surface area contributed by atoms with Gasteiger partial charge in [-0.3, -0.25) is 24.6 Å². The SMILES string of the molecule is CC(C)(CN)C1CCCCN1Cc1cccc2c1CN(C1CCC(=O)NC1=O)C2=O. The van der Waals surface area contributed by atoms with E-state index in [-0.39, 0.29) is 29.6 Å². The topological polar surface area (TPSA) is 95.7 Å². The first-order valence-electron chi connectivity index (χ1n) is 11.0. The van der Waals surface area contributed by atoms with Crippen molar-refractivity contribution in [3.8, 4) is 0 Å². The zero-order chi connectivity index (χ0) is 21.5. The lowest BCUT2D eigenvalue weighted by Crippen LogP contribution is -2.52. The van der Waals surface area contributed by atoms with E-state index in [2.05, 4.69) is 30.1 Å². The smallest absolute Gasteiger partial charge is 0.255 e. The molecule has 2 unspecified atom stereocenters. The van der Waals surface area contributed by atoms with Crippen molar-refractivity contribution < 1.29 is 14.4 Å². The Balaban J connectivity index is 1.57. The number of piperidine rings is 2. The lowest BCUT2D eigenvalue weighted by atomic mass is 9.78. The molecule has 2 fully saturated rings. The van der Waals surface area contributed by atoms with Crippen LogP contribution in [0.25, 0.3) is 0 Å². The second-order valence-electron chi connectivity index (χ2n) is 9.52. The van der Waals surface area contributed by atoms with Gasteiger partial charge in [0, 0.05) is 31.1 Å². The fourth-order valence-corrected chi connectivity index (χ4v) is 5.22. The minimum Gasteiger partial charge on any atom is -0.330 e. The lowest BCUT2D eigenvalue weighted by molar-refractivity contribution is -0.136. The van der Waals surface area contributed by atoms with Crippen LogP contribution in [0.1, 0.15) is 67.4 Å². The summed E-state index contributed by atoms with van der Waals surface area (Å²) in [4.78, 5) is 41.0. The van der Waals surface area contributed by atoms with Crippen molar-refractivity contribution in [1.29, 1.82) is 0 Å². The van der Waals surface area contributed by atoms with Gasteiger partial charge >= 0.3 is 0 Å². The number of carbonyl (C=O) groups excluding carboxylic acids is 3. The first-order valence-corrected chi connectivity index (χ1v) is 11.0. The van der Waals surface area contributed by atoms with Crippen molar-refractivity contribution in [1.82, 2.24) is 15.1 Å². The van der Waals surface area contributed by atoms with Gasteiger partial charge < -0.3 is 10.6 Å². The Bertz CT molecular complexity index is 866. The molecule has 0 aliphatic carbocycles. The minimum atomic E-state index is -0.575. The fourth-order valence-electron chi connectivity index (χ4n) is 5.22. The van der Waals surface area contributed by atoms with Crippen molar-refractivity contribution in [2.45, 2.75) is 71.1 Å². The van der Waals surface area contributed by atoms with Gasteiger partial charge in [0.25, 0.3) is 5.91 Å². The van der Waals surface area contributed by atoms with E-state index in [0.29, 0.717) is 31.1 Å². The fraction of sp³-hybridized carbons (Fsp3) is 0.609. The monoisotopic (exact) mass is 412 g/mol. The number of hydrogen-bond donors (Lipinski definition) is 2. The first kappa shape index (κ1) is 21.0. The average molecular weight is 413 g/mol. The molecule has 30 heavy (non-hydrogen) atoms. The van der Waals surface area contributed by atoms with Crippen LogP contribution in [0, 0.1) is 5.41 Å². The van der Waals surface area contributed by atoms with Crippen molar-refractivity contribution in [3.05, 3.63) is 34.9 Å². The molecule has 3 N–H and O–H groups in total. The first-order chi connectivity index (χ1) is 14.3. The second kappa shape index (κ2) is 8.12. The summed E-state index contributed by atoms with van der Waals surface area (Å²) in [5.74, 6) is -0.742. The molecule has 162 valence electrons. The highest BCUT2D eigenvalue weighted by atomic mass is 16.2. The van der Waals surface area contributed by atoms with Crippen molar-refractivity contribution in [3.63, 3.8) is 0 Å². The summed E-state index contributed by atoms with van der Waals surface area (Å²) in [6.07, 6.45) is 4.19. The normalized spacial score (nSPS) is 25.4. The average Bonchev–Trinajstić information content (AvgIpc) is 3.06. The number of benzene rings is 1. The number of hydrogen-bond acceptors (Lipinski definition) is 5.